The van der Waals surface area contributed by atoms with Crippen molar-refractivity contribution in [2.75, 3.05) is 23.8 Å². The van der Waals surface area contributed by atoms with Crippen LogP contribution in [0, 0.1) is 5.92 Å². The van der Waals surface area contributed by atoms with Crippen LogP contribution in [-0.4, -0.2) is 29.2 Å². The van der Waals surface area contributed by atoms with E-state index in [1.807, 2.05) is 0 Å². The van der Waals surface area contributed by atoms with Crippen LogP contribution in [-0.2, 0) is 0 Å². The van der Waals surface area contributed by atoms with Crippen LogP contribution < -0.4 is 15.4 Å². The number of hydrogen-bond acceptors (Lipinski definition) is 5. The minimum atomic E-state index is 0.372. The smallest absolute Gasteiger partial charge is 0.242 e. The average molecular weight is 264 g/mol. The summed E-state index contributed by atoms with van der Waals surface area (Å²) in [5.41, 5.74) is 6.73. The van der Waals surface area contributed by atoms with E-state index in [-0.39, 0.29) is 0 Å². The zero-order valence-corrected chi connectivity index (χ0v) is 12.1. The van der Waals surface area contributed by atoms with Gasteiger partial charge in [0, 0.05) is 12.6 Å². The van der Waals surface area contributed by atoms with Gasteiger partial charge in [0.2, 0.25) is 5.88 Å². The molecule has 1 aliphatic rings. The number of nitrogens with two attached hydrogens (primary N) is 1. The molecule has 0 amide bonds. The van der Waals surface area contributed by atoms with Gasteiger partial charge in [-0.05, 0) is 39.0 Å². The number of rotatable bonds is 7. The highest BCUT2D eigenvalue weighted by molar-refractivity contribution is 5.68. The van der Waals surface area contributed by atoms with Crippen molar-refractivity contribution < 1.29 is 4.74 Å². The maximum Gasteiger partial charge on any atom is 0.242 e. The van der Waals surface area contributed by atoms with E-state index >= 15 is 0 Å². The van der Waals surface area contributed by atoms with Crippen LogP contribution >= 0.6 is 0 Å². The maximum absolute atomic E-state index is 6.17. The summed E-state index contributed by atoms with van der Waals surface area (Å²) in [7, 11) is 0. The molecule has 5 nitrogen and oxygen atoms in total. The van der Waals surface area contributed by atoms with E-state index in [2.05, 4.69) is 35.6 Å². The molecular weight excluding hydrogens is 240 g/mol. The molecule has 0 atom stereocenters. The second kappa shape index (κ2) is 6.08. The molecule has 0 bridgehead atoms. The summed E-state index contributed by atoms with van der Waals surface area (Å²) in [5, 5.41) is 0. The van der Waals surface area contributed by atoms with Crippen molar-refractivity contribution in [1.82, 2.24) is 9.97 Å². The highest BCUT2D eigenvalue weighted by Gasteiger charge is 2.28. The van der Waals surface area contributed by atoms with Gasteiger partial charge in [0.25, 0.3) is 0 Å². The first-order chi connectivity index (χ1) is 9.13. The lowest BCUT2D eigenvalue weighted by molar-refractivity contribution is 0.306. The summed E-state index contributed by atoms with van der Waals surface area (Å²) in [6, 6.07) is 0.372. The molecule has 1 aromatic rings. The van der Waals surface area contributed by atoms with E-state index in [1.165, 1.54) is 12.8 Å². The second-order valence-corrected chi connectivity index (χ2v) is 5.45. The van der Waals surface area contributed by atoms with E-state index in [9.17, 15) is 0 Å². The quantitative estimate of drug-likeness (QED) is 0.819. The van der Waals surface area contributed by atoms with Gasteiger partial charge < -0.3 is 15.4 Å². The van der Waals surface area contributed by atoms with E-state index in [4.69, 9.17) is 10.5 Å². The molecule has 1 fully saturated rings. The fraction of sp³-hybridized carbons (Fsp3) is 0.714. The summed E-state index contributed by atoms with van der Waals surface area (Å²) >= 11 is 0. The molecule has 0 aromatic carbocycles. The highest BCUT2D eigenvalue weighted by atomic mass is 16.5. The summed E-state index contributed by atoms with van der Waals surface area (Å²) < 4.78 is 5.57. The van der Waals surface area contributed by atoms with Crippen molar-refractivity contribution in [2.45, 2.75) is 46.1 Å². The molecule has 5 heteroatoms. The lowest BCUT2D eigenvalue weighted by Gasteiger charge is -2.29. The second-order valence-electron chi connectivity index (χ2n) is 5.45. The van der Waals surface area contributed by atoms with Gasteiger partial charge in [-0.25, -0.2) is 4.98 Å². The van der Waals surface area contributed by atoms with Crippen LogP contribution in [0.1, 0.15) is 40.0 Å². The molecular formula is C14H24N4O. The van der Waals surface area contributed by atoms with Crippen LogP contribution in [0.25, 0.3) is 0 Å². The minimum Gasteiger partial charge on any atom is -0.476 e. The summed E-state index contributed by atoms with van der Waals surface area (Å²) in [4.78, 5) is 10.7. The molecule has 19 heavy (non-hydrogen) atoms. The van der Waals surface area contributed by atoms with Gasteiger partial charge in [0.05, 0.1) is 6.61 Å². The van der Waals surface area contributed by atoms with Crippen LogP contribution in [0.15, 0.2) is 6.33 Å². The van der Waals surface area contributed by atoms with Gasteiger partial charge in [-0.2, -0.15) is 4.98 Å². The van der Waals surface area contributed by atoms with Crippen LogP contribution in [0.3, 0.4) is 0 Å². The third-order valence-corrected chi connectivity index (χ3v) is 3.32. The number of nitrogen functional groups attached to an aromatic ring is 1. The molecule has 0 saturated heterocycles. The van der Waals surface area contributed by atoms with Gasteiger partial charge in [-0.3, -0.25) is 0 Å². The number of aromatic nitrogens is 2. The van der Waals surface area contributed by atoms with Crippen molar-refractivity contribution in [3.05, 3.63) is 6.33 Å². The van der Waals surface area contributed by atoms with E-state index in [0.717, 1.165) is 24.7 Å². The monoisotopic (exact) mass is 264 g/mol. The number of hydrogen-bond donors (Lipinski definition) is 1. The van der Waals surface area contributed by atoms with Gasteiger partial charge in [-0.15, -0.1) is 0 Å². The SMILES string of the molecule is CCCOc1ncnc(N(CC2CC2)C(C)C)c1N. The number of ether oxygens (including phenoxy) is 1. The Labute approximate surface area is 115 Å². The molecule has 106 valence electrons. The lowest BCUT2D eigenvalue weighted by Crippen LogP contribution is -2.34. The molecule has 0 spiro atoms. The van der Waals surface area contributed by atoms with Crippen molar-refractivity contribution in [3.63, 3.8) is 0 Å². The van der Waals surface area contributed by atoms with Crippen LogP contribution in [0.2, 0.25) is 0 Å². The van der Waals surface area contributed by atoms with Gasteiger partial charge >= 0.3 is 0 Å². The Morgan fingerprint density at radius 2 is 2.16 bits per heavy atom. The first kappa shape index (κ1) is 13.9. The molecule has 1 heterocycles. The van der Waals surface area contributed by atoms with Gasteiger partial charge in [-0.1, -0.05) is 6.92 Å². The van der Waals surface area contributed by atoms with E-state index in [1.54, 1.807) is 6.33 Å². The van der Waals surface area contributed by atoms with Crippen molar-refractivity contribution in [1.29, 1.82) is 0 Å². The molecule has 1 aromatic heterocycles. The Bertz CT molecular complexity index is 418. The van der Waals surface area contributed by atoms with Crippen molar-refractivity contribution >= 4 is 11.5 Å². The van der Waals surface area contributed by atoms with Gasteiger partial charge in [0.1, 0.15) is 12.0 Å². The van der Waals surface area contributed by atoms with Crippen LogP contribution in [0.4, 0.5) is 11.5 Å². The number of anilines is 2. The van der Waals surface area contributed by atoms with Crippen LogP contribution in [0.5, 0.6) is 5.88 Å². The first-order valence-electron chi connectivity index (χ1n) is 7.13. The largest absolute Gasteiger partial charge is 0.476 e. The normalized spacial score (nSPS) is 14.7. The standard InChI is InChI=1S/C14H24N4O/c1-4-7-19-14-12(15)13(16-9-17-14)18(10(2)3)8-11-5-6-11/h9-11H,4-8,15H2,1-3H3. The molecule has 0 radical (unpaired) electrons. The van der Waals surface area contributed by atoms with Crippen molar-refractivity contribution in [3.8, 4) is 5.88 Å². The third kappa shape index (κ3) is 3.49. The molecule has 0 aliphatic heterocycles. The topological polar surface area (TPSA) is 64.3 Å². The van der Waals surface area contributed by atoms with Gasteiger partial charge in [0.15, 0.2) is 5.82 Å². The molecule has 1 saturated carbocycles. The zero-order chi connectivity index (χ0) is 13.8. The highest BCUT2D eigenvalue weighted by Crippen LogP contribution is 2.35. The Hall–Kier alpha value is -1.52. The summed E-state index contributed by atoms with van der Waals surface area (Å²) in [5.74, 6) is 2.10. The fourth-order valence-electron chi connectivity index (χ4n) is 2.03. The lowest BCUT2D eigenvalue weighted by atomic mass is 10.2. The Balaban J connectivity index is 2.20. The predicted octanol–water partition coefficient (Wildman–Crippen LogP) is 2.47. The van der Waals surface area contributed by atoms with E-state index < -0.39 is 0 Å². The van der Waals surface area contributed by atoms with E-state index in [0.29, 0.717) is 24.2 Å². The molecule has 2 N–H and O–H groups in total. The number of nitrogens with zero attached hydrogens (tertiary/aromatic N) is 3. The Morgan fingerprint density at radius 3 is 2.74 bits per heavy atom. The first-order valence-corrected chi connectivity index (χ1v) is 7.13. The average Bonchev–Trinajstić information content (AvgIpc) is 3.19. The van der Waals surface area contributed by atoms with Crippen molar-refractivity contribution in [2.24, 2.45) is 5.92 Å². The fourth-order valence-corrected chi connectivity index (χ4v) is 2.03. The predicted molar refractivity (Wildman–Crippen MR) is 77.4 cm³/mol. The summed E-state index contributed by atoms with van der Waals surface area (Å²) in [6.07, 6.45) is 5.11. The zero-order valence-electron chi connectivity index (χ0n) is 12.1. The maximum atomic E-state index is 6.17. The Kier molecular flexibility index (Phi) is 4.45. The molecule has 1 aliphatic carbocycles. The molecule has 0 unspecified atom stereocenters. The minimum absolute atomic E-state index is 0.372. The third-order valence-electron chi connectivity index (χ3n) is 3.32. The summed E-state index contributed by atoms with van der Waals surface area (Å²) in [6.45, 7) is 8.04. The Morgan fingerprint density at radius 1 is 1.42 bits per heavy atom. The molecule has 2 rings (SSSR count).